The van der Waals surface area contributed by atoms with Gasteiger partial charge in [0.05, 0.1) is 0 Å². The minimum atomic E-state index is -0.338. The number of aryl methyl sites for hydroxylation is 1. The van der Waals surface area contributed by atoms with Gasteiger partial charge in [0.25, 0.3) is 0 Å². The molecule has 0 bridgehead atoms. The van der Waals surface area contributed by atoms with Crippen molar-refractivity contribution in [2.45, 2.75) is 19.9 Å². The van der Waals surface area contributed by atoms with E-state index in [4.69, 9.17) is 4.52 Å². The summed E-state index contributed by atoms with van der Waals surface area (Å²) < 4.78 is 4.97. The molecule has 1 aromatic carbocycles. The highest BCUT2D eigenvalue weighted by Crippen LogP contribution is 2.10. The fourth-order valence-electron chi connectivity index (χ4n) is 1.44. The van der Waals surface area contributed by atoms with Gasteiger partial charge in [-0.3, -0.25) is 0 Å². The maximum atomic E-state index is 11.7. The summed E-state index contributed by atoms with van der Waals surface area (Å²) >= 11 is 0. The fraction of sp³-hybridized carbons (Fsp3) is 0.250. The van der Waals surface area contributed by atoms with Crippen molar-refractivity contribution in [1.82, 2.24) is 15.5 Å². The smallest absolute Gasteiger partial charge is 0.319 e. The lowest BCUT2D eigenvalue weighted by molar-refractivity contribution is 0.245. The Labute approximate surface area is 104 Å². The second kappa shape index (κ2) is 5.31. The summed E-state index contributed by atoms with van der Waals surface area (Å²) in [6.45, 7) is 3.50. The van der Waals surface area contributed by atoms with Crippen LogP contribution in [0.5, 0.6) is 0 Å². The average Bonchev–Trinajstić information content (AvgIpc) is 2.77. The van der Waals surface area contributed by atoms with Crippen molar-refractivity contribution in [2.75, 3.05) is 5.32 Å². The Bertz CT molecular complexity index is 524. The molecule has 2 rings (SSSR count). The molecule has 0 aliphatic carbocycles. The Morgan fingerprint density at radius 2 is 2.06 bits per heavy atom. The molecule has 6 heteroatoms. The molecule has 0 fully saturated rings. The molecule has 18 heavy (non-hydrogen) atoms. The normalized spacial score (nSPS) is 11.9. The molecule has 2 amide bonds. The van der Waals surface area contributed by atoms with E-state index in [1.807, 2.05) is 18.2 Å². The van der Waals surface area contributed by atoms with Crippen molar-refractivity contribution in [3.8, 4) is 0 Å². The first-order chi connectivity index (χ1) is 8.65. The van der Waals surface area contributed by atoms with Gasteiger partial charge in [-0.15, -0.1) is 0 Å². The number of amides is 2. The molecule has 94 valence electrons. The number of hydrogen-bond donors (Lipinski definition) is 2. The molecule has 1 atom stereocenters. The highest BCUT2D eigenvalue weighted by molar-refractivity contribution is 5.89. The predicted octanol–water partition coefficient (Wildman–Crippen LogP) is 2.26. The zero-order chi connectivity index (χ0) is 13.0. The number of nitrogens with zero attached hydrogens (tertiary/aromatic N) is 2. The van der Waals surface area contributed by atoms with E-state index in [1.165, 1.54) is 0 Å². The molecule has 1 heterocycles. The summed E-state index contributed by atoms with van der Waals surface area (Å²) in [5.74, 6) is 0.929. The number of para-hydroxylation sites is 1. The average molecular weight is 246 g/mol. The largest absolute Gasteiger partial charge is 0.337 e. The van der Waals surface area contributed by atoms with E-state index in [1.54, 1.807) is 26.0 Å². The summed E-state index contributed by atoms with van der Waals surface area (Å²) in [6.07, 6.45) is 0. The zero-order valence-corrected chi connectivity index (χ0v) is 10.2. The van der Waals surface area contributed by atoms with E-state index in [9.17, 15) is 4.79 Å². The Morgan fingerprint density at radius 1 is 1.33 bits per heavy atom. The molecule has 0 radical (unpaired) electrons. The van der Waals surface area contributed by atoms with Crippen LogP contribution in [0.1, 0.15) is 24.7 Å². The van der Waals surface area contributed by atoms with Gasteiger partial charge in [-0.2, -0.15) is 4.98 Å². The minimum Gasteiger partial charge on any atom is -0.337 e. The van der Waals surface area contributed by atoms with E-state index in [2.05, 4.69) is 20.8 Å². The molecule has 2 N–H and O–H groups in total. The second-order valence-corrected chi connectivity index (χ2v) is 3.87. The van der Waals surface area contributed by atoms with Gasteiger partial charge in [0.1, 0.15) is 6.04 Å². The maximum Gasteiger partial charge on any atom is 0.319 e. The first-order valence-electron chi connectivity index (χ1n) is 5.58. The van der Waals surface area contributed by atoms with E-state index >= 15 is 0 Å². The first kappa shape index (κ1) is 12.1. The van der Waals surface area contributed by atoms with Crippen LogP contribution >= 0.6 is 0 Å². The predicted molar refractivity (Wildman–Crippen MR) is 66.0 cm³/mol. The zero-order valence-electron chi connectivity index (χ0n) is 10.2. The molecule has 0 saturated heterocycles. The van der Waals surface area contributed by atoms with Gasteiger partial charge in [0.15, 0.2) is 5.82 Å². The van der Waals surface area contributed by atoms with Crippen LogP contribution in [0.3, 0.4) is 0 Å². The summed E-state index contributed by atoms with van der Waals surface area (Å²) in [6, 6.07) is 8.54. The lowest BCUT2D eigenvalue weighted by Gasteiger charge is -2.10. The van der Waals surface area contributed by atoms with Crippen molar-refractivity contribution in [2.24, 2.45) is 0 Å². The quantitative estimate of drug-likeness (QED) is 0.870. The van der Waals surface area contributed by atoms with Gasteiger partial charge in [0, 0.05) is 5.69 Å². The monoisotopic (exact) mass is 246 g/mol. The third-order valence-electron chi connectivity index (χ3n) is 2.29. The highest BCUT2D eigenvalue weighted by Gasteiger charge is 2.15. The number of aromatic nitrogens is 2. The Morgan fingerprint density at radius 3 is 2.67 bits per heavy atom. The van der Waals surface area contributed by atoms with Crippen LogP contribution in [-0.4, -0.2) is 16.2 Å². The van der Waals surface area contributed by atoms with Crippen LogP contribution in [0.4, 0.5) is 10.5 Å². The third kappa shape index (κ3) is 3.07. The van der Waals surface area contributed by atoms with Gasteiger partial charge in [-0.05, 0) is 26.0 Å². The van der Waals surface area contributed by atoms with E-state index in [0.29, 0.717) is 11.7 Å². The molecule has 1 aromatic heterocycles. The fourth-order valence-corrected chi connectivity index (χ4v) is 1.44. The van der Waals surface area contributed by atoms with Gasteiger partial charge < -0.3 is 15.2 Å². The van der Waals surface area contributed by atoms with Crippen LogP contribution in [0.2, 0.25) is 0 Å². The second-order valence-electron chi connectivity index (χ2n) is 3.87. The van der Waals surface area contributed by atoms with Crippen molar-refractivity contribution in [3.63, 3.8) is 0 Å². The molecular weight excluding hydrogens is 232 g/mol. The van der Waals surface area contributed by atoms with E-state index in [0.717, 1.165) is 5.69 Å². The summed E-state index contributed by atoms with van der Waals surface area (Å²) in [7, 11) is 0. The Kier molecular flexibility index (Phi) is 3.57. The van der Waals surface area contributed by atoms with E-state index < -0.39 is 0 Å². The van der Waals surface area contributed by atoms with Gasteiger partial charge >= 0.3 is 6.03 Å². The van der Waals surface area contributed by atoms with Crippen LogP contribution in [0.15, 0.2) is 34.9 Å². The van der Waals surface area contributed by atoms with Crippen molar-refractivity contribution >= 4 is 11.7 Å². The van der Waals surface area contributed by atoms with Crippen molar-refractivity contribution < 1.29 is 9.32 Å². The topological polar surface area (TPSA) is 80.0 Å². The molecule has 0 saturated carbocycles. The van der Waals surface area contributed by atoms with Gasteiger partial charge in [0.2, 0.25) is 5.89 Å². The number of hydrogen-bond acceptors (Lipinski definition) is 4. The molecule has 0 spiro atoms. The van der Waals surface area contributed by atoms with Crippen LogP contribution in [0.25, 0.3) is 0 Å². The minimum absolute atomic E-state index is 0.315. The first-order valence-corrected chi connectivity index (χ1v) is 5.58. The number of benzene rings is 1. The van der Waals surface area contributed by atoms with Crippen LogP contribution in [0, 0.1) is 6.92 Å². The van der Waals surface area contributed by atoms with Gasteiger partial charge in [-0.1, -0.05) is 23.4 Å². The number of nitrogens with one attached hydrogen (secondary N) is 2. The number of carbonyl (C=O) groups is 1. The number of carbonyl (C=O) groups excluding carboxylic acids is 1. The summed E-state index contributed by atoms with van der Waals surface area (Å²) in [5.41, 5.74) is 0.726. The number of urea groups is 1. The molecule has 6 nitrogen and oxygen atoms in total. The molecule has 0 aliphatic heterocycles. The molecule has 2 aromatic rings. The lowest BCUT2D eigenvalue weighted by Crippen LogP contribution is -2.31. The Balaban J connectivity index is 1.92. The van der Waals surface area contributed by atoms with E-state index in [-0.39, 0.29) is 12.1 Å². The maximum absolute atomic E-state index is 11.7. The highest BCUT2D eigenvalue weighted by atomic mass is 16.5. The Hall–Kier alpha value is -2.37. The standard InChI is InChI=1S/C12H14N4O2/c1-8(11-14-9(2)16-18-11)13-12(17)15-10-6-4-3-5-7-10/h3-8H,1-2H3,(H2,13,15,17)/t8-/m0/s1. The molecule has 0 unspecified atom stereocenters. The van der Waals surface area contributed by atoms with Crippen molar-refractivity contribution in [1.29, 1.82) is 0 Å². The van der Waals surface area contributed by atoms with Gasteiger partial charge in [-0.25, -0.2) is 4.79 Å². The molecular formula is C12H14N4O2. The summed E-state index contributed by atoms with van der Waals surface area (Å²) in [5, 5.41) is 9.09. The SMILES string of the molecule is Cc1noc([C@H](C)NC(=O)Nc2ccccc2)n1. The third-order valence-corrected chi connectivity index (χ3v) is 2.29. The van der Waals surface area contributed by atoms with Crippen LogP contribution in [-0.2, 0) is 0 Å². The van der Waals surface area contributed by atoms with Crippen LogP contribution < -0.4 is 10.6 Å². The number of rotatable bonds is 3. The summed E-state index contributed by atoms with van der Waals surface area (Å²) in [4.78, 5) is 15.7. The number of anilines is 1. The lowest BCUT2D eigenvalue weighted by atomic mass is 10.3. The molecule has 0 aliphatic rings. The van der Waals surface area contributed by atoms with Crippen molar-refractivity contribution in [3.05, 3.63) is 42.0 Å².